The van der Waals surface area contributed by atoms with Gasteiger partial charge in [0.15, 0.2) is 0 Å². The van der Waals surface area contributed by atoms with Gasteiger partial charge in [0.2, 0.25) is 10.0 Å². The van der Waals surface area contributed by atoms with Gasteiger partial charge in [0.05, 0.1) is 4.90 Å². The molecular formula is C24H24FNO5S. The Kier molecular flexibility index (Phi) is 7.61. The highest BCUT2D eigenvalue weighted by molar-refractivity contribution is 7.89. The summed E-state index contributed by atoms with van der Waals surface area (Å²) in [6.07, 6.45) is -0.126. The van der Waals surface area contributed by atoms with Crippen LogP contribution in [-0.4, -0.2) is 26.0 Å². The number of hydrogen-bond donors (Lipinski definition) is 2. The third-order valence-corrected chi connectivity index (χ3v) is 6.32. The molecule has 0 spiro atoms. The Morgan fingerprint density at radius 1 is 1.03 bits per heavy atom. The molecule has 0 aliphatic heterocycles. The van der Waals surface area contributed by atoms with E-state index < -0.39 is 16.0 Å². The number of carboxylic acids is 1. The van der Waals surface area contributed by atoms with Crippen LogP contribution in [0.15, 0.2) is 77.7 Å². The molecule has 2 N–H and O–H groups in total. The fourth-order valence-corrected chi connectivity index (χ4v) is 4.54. The first-order chi connectivity index (χ1) is 15.3. The molecule has 0 fully saturated rings. The molecule has 1 atom stereocenters. The van der Waals surface area contributed by atoms with E-state index in [1.54, 1.807) is 67.6 Å². The molecule has 168 valence electrons. The second-order valence-corrected chi connectivity index (χ2v) is 9.19. The van der Waals surface area contributed by atoms with Crippen molar-refractivity contribution in [1.29, 1.82) is 0 Å². The molecule has 0 aromatic heterocycles. The number of halogens is 1. The highest BCUT2D eigenvalue weighted by atomic mass is 32.2. The van der Waals surface area contributed by atoms with Crippen molar-refractivity contribution in [2.24, 2.45) is 5.92 Å². The fourth-order valence-electron chi connectivity index (χ4n) is 3.15. The van der Waals surface area contributed by atoms with Crippen molar-refractivity contribution < 1.29 is 27.4 Å². The molecule has 0 saturated carbocycles. The number of nitrogens with one attached hydrogen (secondary N) is 1. The average molecular weight is 458 g/mol. The molecule has 0 amide bonds. The Hall–Kier alpha value is -3.23. The van der Waals surface area contributed by atoms with E-state index >= 15 is 0 Å². The lowest BCUT2D eigenvalue weighted by molar-refractivity contribution is -0.137. The number of carbonyl (C=O) groups is 1. The molecule has 1 unspecified atom stereocenters. The van der Waals surface area contributed by atoms with Gasteiger partial charge in [-0.05, 0) is 35.7 Å². The van der Waals surface area contributed by atoms with E-state index in [-0.39, 0.29) is 36.2 Å². The Labute approximate surface area is 186 Å². The number of hydrogen-bond acceptors (Lipinski definition) is 4. The van der Waals surface area contributed by atoms with Gasteiger partial charge in [0, 0.05) is 24.1 Å². The smallest absolute Gasteiger partial charge is 0.303 e. The van der Waals surface area contributed by atoms with Gasteiger partial charge in [0.1, 0.15) is 18.2 Å². The third kappa shape index (κ3) is 6.15. The van der Waals surface area contributed by atoms with Crippen LogP contribution in [0.4, 0.5) is 4.39 Å². The number of ether oxygens (including phenoxy) is 1. The zero-order chi connectivity index (χ0) is 23.1. The maximum absolute atomic E-state index is 13.7. The molecule has 8 heteroatoms. The molecule has 0 aliphatic carbocycles. The molecule has 0 aliphatic rings. The van der Waals surface area contributed by atoms with E-state index in [2.05, 4.69) is 4.72 Å². The first-order valence-electron chi connectivity index (χ1n) is 10.0. The molecule has 0 bridgehead atoms. The largest absolute Gasteiger partial charge is 0.489 e. The number of sulfonamides is 1. The van der Waals surface area contributed by atoms with Crippen LogP contribution in [0.25, 0.3) is 11.1 Å². The molecule has 3 aromatic rings. The summed E-state index contributed by atoms with van der Waals surface area (Å²) >= 11 is 0. The Morgan fingerprint density at radius 3 is 2.38 bits per heavy atom. The van der Waals surface area contributed by atoms with Gasteiger partial charge in [-0.3, -0.25) is 4.79 Å². The maximum atomic E-state index is 13.7. The summed E-state index contributed by atoms with van der Waals surface area (Å²) in [7, 11) is -3.85. The second-order valence-electron chi connectivity index (χ2n) is 7.46. The summed E-state index contributed by atoms with van der Waals surface area (Å²) in [5.74, 6) is -1.14. The molecule has 0 heterocycles. The molecule has 0 saturated heterocycles. The molecule has 32 heavy (non-hydrogen) atoms. The first kappa shape index (κ1) is 23.4. The summed E-state index contributed by atoms with van der Waals surface area (Å²) < 4.78 is 47.6. The lowest BCUT2D eigenvalue weighted by atomic mass is 10.1. The highest BCUT2D eigenvalue weighted by Gasteiger charge is 2.20. The number of benzene rings is 3. The standard InChI is InChI=1S/C24H24FNO5S/c1-17(14-24(27)28)15-26-32(29,30)23-9-5-3-7-21(23)18-10-12-20(13-11-18)31-16-19-6-2-4-8-22(19)25/h2-13,17,26H,14-16H2,1H3,(H,27,28). The summed E-state index contributed by atoms with van der Waals surface area (Å²) in [4.78, 5) is 10.9. The number of carboxylic acid groups (broad SMARTS) is 1. The monoisotopic (exact) mass is 457 g/mol. The van der Waals surface area contributed by atoms with Crippen molar-refractivity contribution >= 4 is 16.0 Å². The van der Waals surface area contributed by atoms with E-state index in [0.717, 1.165) is 0 Å². The fraction of sp³-hybridized carbons (Fsp3) is 0.208. The van der Waals surface area contributed by atoms with E-state index in [1.807, 2.05) is 0 Å². The van der Waals surface area contributed by atoms with E-state index in [1.165, 1.54) is 12.1 Å². The predicted octanol–water partition coefficient (Wildman–Crippen LogP) is 4.46. The summed E-state index contributed by atoms with van der Waals surface area (Å²) in [5, 5.41) is 8.86. The van der Waals surface area contributed by atoms with Crippen molar-refractivity contribution in [2.75, 3.05) is 6.54 Å². The Morgan fingerprint density at radius 2 is 1.69 bits per heavy atom. The van der Waals surface area contributed by atoms with Gasteiger partial charge in [-0.1, -0.05) is 55.5 Å². The van der Waals surface area contributed by atoms with Crippen LogP contribution in [0, 0.1) is 11.7 Å². The van der Waals surface area contributed by atoms with Crippen LogP contribution >= 0.6 is 0 Å². The lowest BCUT2D eigenvalue weighted by Gasteiger charge is -2.14. The van der Waals surface area contributed by atoms with Crippen molar-refractivity contribution in [3.8, 4) is 16.9 Å². The number of rotatable bonds is 10. The third-order valence-electron chi connectivity index (χ3n) is 4.84. The molecule has 0 radical (unpaired) electrons. The van der Waals surface area contributed by atoms with Crippen molar-refractivity contribution in [2.45, 2.75) is 24.8 Å². The van der Waals surface area contributed by atoms with E-state index in [9.17, 15) is 17.6 Å². The maximum Gasteiger partial charge on any atom is 0.303 e. The second kappa shape index (κ2) is 10.4. The van der Waals surface area contributed by atoms with Gasteiger partial charge in [0.25, 0.3) is 0 Å². The summed E-state index contributed by atoms with van der Waals surface area (Å²) in [5.41, 5.74) is 1.62. The summed E-state index contributed by atoms with van der Waals surface area (Å²) in [6, 6.07) is 19.8. The molecule has 3 rings (SSSR count). The van der Waals surface area contributed by atoms with Crippen LogP contribution in [-0.2, 0) is 21.4 Å². The predicted molar refractivity (Wildman–Crippen MR) is 119 cm³/mol. The first-order valence-corrected chi connectivity index (χ1v) is 11.5. The molecule has 3 aromatic carbocycles. The van der Waals surface area contributed by atoms with Gasteiger partial charge in [-0.25, -0.2) is 17.5 Å². The van der Waals surface area contributed by atoms with Crippen LogP contribution < -0.4 is 9.46 Å². The van der Waals surface area contributed by atoms with Crippen molar-refractivity contribution in [1.82, 2.24) is 4.72 Å². The Bertz CT molecular complexity index is 1180. The quantitative estimate of drug-likeness (QED) is 0.469. The zero-order valence-electron chi connectivity index (χ0n) is 17.5. The minimum absolute atomic E-state index is 0.0196. The van der Waals surface area contributed by atoms with Gasteiger partial charge in [-0.15, -0.1) is 0 Å². The minimum Gasteiger partial charge on any atom is -0.489 e. The highest BCUT2D eigenvalue weighted by Crippen LogP contribution is 2.29. The van der Waals surface area contributed by atoms with Crippen molar-refractivity contribution in [3.63, 3.8) is 0 Å². The molecule has 6 nitrogen and oxygen atoms in total. The van der Waals surface area contributed by atoms with Gasteiger partial charge < -0.3 is 9.84 Å². The minimum atomic E-state index is -3.85. The van der Waals surface area contributed by atoms with Crippen LogP contribution in [0.1, 0.15) is 18.9 Å². The van der Waals surface area contributed by atoms with Gasteiger partial charge >= 0.3 is 5.97 Å². The topological polar surface area (TPSA) is 92.7 Å². The van der Waals surface area contributed by atoms with Crippen LogP contribution in [0.2, 0.25) is 0 Å². The Balaban J connectivity index is 1.74. The molecular weight excluding hydrogens is 433 g/mol. The van der Waals surface area contributed by atoms with E-state index in [0.29, 0.717) is 22.4 Å². The zero-order valence-corrected chi connectivity index (χ0v) is 18.3. The van der Waals surface area contributed by atoms with Crippen molar-refractivity contribution in [3.05, 3.63) is 84.2 Å². The SMILES string of the molecule is CC(CNS(=O)(=O)c1ccccc1-c1ccc(OCc2ccccc2F)cc1)CC(=O)O. The van der Waals surface area contributed by atoms with Gasteiger partial charge in [-0.2, -0.15) is 0 Å². The lowest BCUT2D eigenvalue weighted by Crippen LogP contribution is -2.29. The normalized spacial score (nSPS) is 12.3. The summed E-state index contributed by atoms with van der Waals surface area (Å²) in [6.45, 7) is 1.77. The van der Waals surface area contributed by atoms with Crippen LogP contribution in [0.5, 0.6) is 5.75 Å². The van der Waals surface area contributed by atoms with Crippen LogP contribution in [0.3, 0.4) is 0 Å². The van der Waals surface area contributed by atoms with E-state index in [4.69, 9.17) is 9.84 Å². The number of aliphatic carboxylic acids is 1. The average Bonchev–Trinajstić information content (AvgIpc) is 2.77.